The van der Waals surface area contributed by atoms with Crippen LogP contribution in [0.15, 0.2) is 18.2 Å². The van der Waals surface area contributed by atoms with E-state index in [-0.39, 0.29) is 18.3 Å². The van der Waals surface area contributed by atoms with E-state index in [1.165, 1.54) is 0 Å². The van der Waals surface area contributed by atoms with Gasteiger partial charge in [-0.05, 0) is 38.0 Å². The van der Waals surface area contributed by atoms with Gasteiger partial charge in [0.25, 0.3) is 5.91 Å². The Hall–Kier alpha value is -1.83. The molecule has 1 aromatic carbocycles. The summed E-state index contributed by atoms with van der Waals surface area (Å²) in [6.07, 6.45) is 1.80. The number of halogens is 2. The zero-order valence-electron chi connectivity index (χ0n) is 15.9. The zero-order chi connectivity index (χ0) is 18.8. The molecule has 0 bridgehead atoms. The quantitative estimate of drug-likeness (QED) is 0.814. The maximum atomic E-state index is 13.0. The molecule has 0 unspecified atom stereocenters. The first-order valence-electron chi connectivity index (χ1n) is 9.51. The van der Waals surface area contributed by atoms with Gasteiger partial charge in [-0.3, -0.25) is 4.79 Å². The van der Waals surface area contributed by atoms with Crippen molar-refractivity contribution in [2.24, 2.45) is 0 Å². The van der Waals surface area contributed by atoms with Gasteiger partial charge in [0.05, 0.1) is 18.7 Å². The average Bonchev–Trinajstić information content (AvgIpc) is 3.12. The van der Waals surface area contributed by atoms with Gasteiger partial charge in [-0.2, -0.15) is 0 Å². The van der Waals surface area contributed by atoms with Crippen LogP contribution >= 0.6 is 24.0 Å². The van der Waals surface area contributed by atoms with Crippen molar-refractivity contribution in [2.75, 3.05) is 26.2 Å². The van der Waals surface area contributed by atoms with Crippen LogP contribution in [0.1, 0.15) is 47.7 Å². The minimum atomic E-state index is 0. The molecule has 0 saturated carbocycles. The lowest BCUT2D eigenvalue weighted by molar-refractivity contribution is 0.0706. The Morgan fingerprint density at radius 2 is 2.07 bits per heavy atom. The molecule has 0 atom stereocenters. The molecule has 9 heteroatoms. The highest BCUT2D eigenvalue weighted by Crippen LogP contribution is 2.30. The molecule has 1 amide bonds. The summed E-state index contributed by atoms with van der Waals surface area (Å²) < 4.78 is 7.85. The Kier molecular flexibility index (Phi) is 6.80. The number of carbonyl (C=O) groups excluding carboxylic acids is 1. The fourth-order valence-electron chi connectivity index (χ4n) is 3.88. The van der Waals surface area contributed by atoms with Crippen molar-refractivity contribution in [1.29, 1.82) is 0 Å². The summed E-state index contributed by atoms with van der Waals surface area (Å²) in [7, 11) is 0. The predicted octanol–water partition coefficient (Wildman–Crippen LogP) is 2.88. The summed E-state index contributed by atoms with van der Waals surface area (Å²) in [4.78, 5) is 14.9. The van der Waals surface area contributed by atoms with Gasteiger partial charge in [-0.25, -0.2) is 0 Å². The van der Waals surface area contributed by atoms with Crippen LogP contribution in [-0.4, -0.2) is 51.8 Å². The molecule has 2 aliphatic rings. The first-order valence-corrected chi connectivity index (χ1v) is 9.89. The lowest BCUT2D eigenvalue weighted by Crippen LogP contribution is -2.39. The Labute approximate surface area is 175 Å². The molecule has 0 radical (unpaired) electrons. The van der Waals surface area contributed by atoms with Gasteiger partial charge < -0.3 is 19.5 Å². The lowest BCUT2D eigenvalue weighted by atomic mass is 9.95. The van der Waals surface area contributed by atoms with Gasteiger partial charge in [0.2, 0.25) is 0 Å². The van der Waals surface area contributed by atoms with Crippen LogP contribution in [0.25, 0.3) is 0 Å². The normalized spacial score (nSPS) is 17.0. The van der Waals surface area contributed by atoms with Gasteiger partial charge >= 0.3 is 0 Å². The molecular weight excluding hydrogens is 401 g/mol. The number of nitrogens with one attached hydrogen (secondary N) is 1. The van der Waals surface area contributed by atoms with E-state index in [0.717, 1.165) is 44.1 Å². The molecule has 1 N–H and O–H groups in total. The number of carbonyl (C=O) groups is 1. The molecule has 2 aromatic rings. The van der Waals surface area contributed by atoms with E-state index in [1.54, 1.807) is 18.2 Å². The molecule has 1 aromatic heterocycles. The third kappa shape index (κ3) is 4.11. The number of hydrogen-bond acceptors (Lipinski definition) is 5. The van der Waals surface area contributed by atoms with E-state index in [1.807, 2.05) is 11.8 Å². The van der Waals surface area contributed by atoms with Crippen LogP contribution in [0.5, 0.6) is 5.75 Å². The molecule has 2 aliphatic heterocycles. The highest BCUT2D eigenvalue weighted by molar-refractivity contribution is 6.30. The first-order chi connectivity index (χ1) is 13.2. The van der Waals surface area contributed by atoms with Crippen molar-refractivity contribution in [1.82, 2.24) is 25.0 Å². The third-order valence-corrected chi connectivity index (χ3v) is 5.51. The van der Waals surface area contributed by atoms with Crippen LogP contribution in [0, 0.1) is 0 Å². The number of hydrogen-bond donors (Lipinski definition) is 1. The van der Waals surface area contributed by atoms with Gasteiger partial charge in [0.1, 0.15) is 17.4 Å². The predicted molar refractivity (Wildman–Crippen MR) is 109 cm³/mol. The van der Waals surface area contributed by atoms with Crippen molar-refractivity contribution in [3.05, 3.63) is 40.4 Å². The number of nitrogens with zero attached hydrogens (tertiary/aromatic N) is 4. The number of fused-ring (bicyclic) bond motifs is 1. The molecule has 28 heavy (non-hydrogen) atoms. The second-order valence-electron chi connectivity index (χ2n) is 6.94. The zero-order valence-corrected chi connectivity index (χ0v) is 17.4. The van der Waals surface area contributed by atoms with Crippen molar-refractivity contribution >= 4 is 29.9 Å². The van der Waals surface area contributed by atoms with Crippen LogP contribution in [0.2, 0.25) is 5.02 Å². The summed E-state index contributed by atoms with van der Waals surface area (Å²) in [6, 6.07) is 5.20. The van der Waals surface area contributed by atoms with Crippen molar-refractivity contribution in [2.45, 2.75) is 38.8 Å². The van der Waals surface area contributed by atoms with E-state index in [2.05, 4.69) is 20.1 Å². The fraction of sp³-hybridized carbons (Fsp3) is 0.526. The minimum Gasteiger partial charge on any atom is -0.493 e. The Bertz CT molecular complexity index is 834. The van der Waals surface area contributed by atoms with Gasteiger partial charge in [0.15, 0.2) is 0 Å². The topological polar surface area (TPSA) is 72.3 Å². The summed E-state index contributed by atoms with van der Waals surface area (Å²) in [5.41, 5.74) is 0.575. The highest BCUT2D eigenvalue weighted by Gasteiger charge is 2.30. The van der Waals surface area contributed by atoms with E-state index in [0.29, 0.717) is 41.9 Å². The molecule has 0 aliphatic carbocycles. The monoisotopic (exact) mass is 425 g/mol. The first kappa shape index (κ1) is 20.9. The Balaban J connectivity index is 0.00000225. The smallest absolute Gasteiger partial charge is 0.257 e. The number of benzene rings is 1. The van der Waals surface area contributed by atoms with E-state index in [4.69, 9.17) is 16.3 Å². The van der Waals surface area contributed by atoms with Crippen LogP contribution in [0.3, 0.4) is 0 Å². The largest absolute Gasteiger partial charge is 0.493 e. The molecule has 3 heterocycles. The summed E-state index contributed by atoms with van der Waals surface area (Å²) in [6.45, 7) is 6.45. The van der Waals surface area contributed by atoms with Crippen molar-refractivity contribution < 1.29 is 9.53 Å². The van der Waals surface area contributed by atoms with Gasteiger partial charge in [0, 0.05) is 37.1 Å². The third-order valence-electron chi connectivity index (χ3n) is 5.27. The highest BCUT2D eigenvalue weighted by atomic mass is 35.5. The van der Waals surface area contributed by atoms with E-state index < -0.39 is 0 Å². The van der Waals surface area contributed by atoms with E-state index >= 15 is 0 Å². The molecule has 152 valence electrons. The fourth-order valence-corrected chi connectivity index (χ4v) is 4.04. The molecule has 1 saturated heterocycles. The summed E-state index contributed by atoms with van der Waals surface area (Å²) in [5.74, 6) is 2.99. The Morgan fingerprint density at radius 1 is 1.29 bits per heavy atom. The van der Waals surface area contributed by atoms with Crippen LogP contribution < -0.4 is 10.1 Å². The maximum Gasteiger partial charge on any atom is 0.257 e. The second-order valence-corrected chi connectivity index (χ2v) is 7.38. The van der Waals surface area contributed by atoms with Crippen molar-refractivity contribution in [3.8, 4) is 5.75 Å². The number of amides is 1. The lowest BCUT2D eigenvalue weighted by Gasteiger charge is -2.32. The van der Waals surface area contributed by atoms with E-state index in [9.17, 15) is 4.79 Å². The van der Waals surface area contributed by atoms with Crippen LogP contribution in [0.4, 0.5) is 0 Å². The number of ether oxygens (including phenoxy) is 1. The SMILES string of the molecule is CCOc1cc(Cl)ccc1C(=O)N1CCC(c2nnc3n2CCNC3)CC1.Cl. The second kappa shape index (κ2) is 9.11. The average molecular weight is 426 g/mol. The molecule has 0 spiro atoms. The number of likely N-dealkylation sites (tertiary alicyclic amines) is 1. The molecule has 4 rings (SSSR count). The Morgan fingerprint density at radius 3 is 2.82 bits per heavy atom. The van der Waals surface area contributed by atoms with Gasteiger partial charge in [-0.15, -0.1) is 22.6 Å². The summed E-state index contributed by atoms with van der Waals surface area (Å²) in [5, 5.41) is 12.6. The maximum absolute atomic E-state index is 13.0. The standard InChI is InChI=1S/C19H24ClN5O2.ClH/c1-2-27-16-11-14(20)3-4-15(16)19(26)24-8-5-13(6-9-24)18-23-22-17-12-21-7-10-25(17)18;/h3-4,11,13,21H,2,5-10,12H2,1H3;1H. The minimum absolute atomic E-state index is 0. The van der Waals surface area contributed by atoms with Crippen LogP contribution in [-0.2, 0) is 13.1 Å². The van der Waals surface area contributed by atoms with Gasteiger partial charge in [-0.1, -0.05) is 11.6 Å². The number of aromatic nitrogens is 3. The van der Waals surface area contributed by atoms with Crippen molar-refractivity contribution in [3.63, 3.8) is 0 Å². The molecular formula is C19H25Cl2N5O2. The summed E-state index contributed by atoms with van der Waals surface area (Å²) >= 11 is 6.05. The number of rotatable bonds is 4. The molecule has 7 nitrogen and oxygen atoms in total. The number of piperidine rings is 1. The molecule has 1 fully saturated rings.